The number of thioether (sulfide) groups is 1. The number of benzene rings is 4. The number of anilines is 2. The molecule has 0 bridgehead atoms. The van der Waals surface area contributed by atoms with Crippen molar-refractivity contribution in [2.45, 2.75) is 93.0 Å². The Morgan fingerprint density at radius 2 is 1.56 bits per heavy atom. The van der Waals surface area contributed by atoms with Gasteiger partial charge < -0.3 is 20.0 Å². The molecule has 2 saturated heterocycles. The molecule has 66 heavy (non-hydrogen) atoms. The molecule has 1 amide bonds. The Morgan fingerprint density at radius 1 is 0.879 bits per heavy atom. The van der Waals surface area contributed by atoms with Gasteiger partial charge in [0, 0.05) is 78.3 Å². The molecule has 0 aromatic heterocycles. The van der Waals surface area contributed by atoms with Gasteiger partial charge >= 0.3 is 0 Å². The summed E-state index contributed by atoms with van der Waals surface area (Å²) in [5.41, 5.74) is 5.95. The molecule has 0 radical (unpaired) electrons. The number of sulfonamides is 1. The van der Waals surface area contributed by atoms with Crippen molar-refractivity contribution in [3.05, 3.63) is 119 Å². The summed E-state index contributed by atoms with van der Waals surface area (Å²) in [5.74, 6) is -0.107. The molecule has 11 nitrogen and oxygen atoms in total. The number of amides is 1. The number of likely N-dealkylation sites (tertiary alicyclic amines) is 1. The van der Waals surface area contributed by atoms with Gasteiger partial charge in [-0.3, -0.25) is 9.69 Å². The Bertz CT molecular complexity index is 2460. The maximum absolute atomic E-state index is 13.6. The average Bonchev–Trinajstić information content (AvgIpc) is 3.31. The molecule has 15 heteroatoms. The summed E-state index contributed by atoms with van der Waals surface area (Å²) in [6.45, 7) is 18.5. The second-order valence-corrected chi connectivity index (χ2v) is 22.9. The second-order valence-electron chi connectivity index (χ2n) is 18.7. The molecule has 1 aliphatic carbocycles. The van der Waals surface area contributed by atoms with Crippen LogP contribution in [0.15, 0.2) is 117 Å². The summed E-state index contributed by atoms with van der Waals surface area (Å²) >= 11 is 7.91. The van der Waals surface area contributed by atoms with Gasteiger partial charge in [-0.15, -0.1) is 11.8 Å². The highest BCUT2D eigenvalue weighted by atomic mass is 35.5. The number of thiol groups is 1. The van der Waals surface area contributed by atoms with E-state index in [1.165, 1.54) is 28.8 Å². The molecular weight excluding hydrogens is 908 g/mol. The zero-order valence-corrected chi connectivity index (χ0v) is 42.2. The largest absolute Gasteiger partial charge is 0.380 e. The Morgan fingerprint density at radius 3 is 2.21 bits per heavy atom. The van der Waals surface area contributed by atoms with Crippen LogP contribution in [-0.2, 0) is 20.7 Å². The third-order valence-corrected chi connectivity index (χ3v) is 17.1. The fraction of sp³-hybridized carbons (Fsp3) is 0.471. The lowest BCUT2D eigenvalue weighted by molar-refractivity contribution is 0.0981. The molecule has 4 aromatic rings. The number of hydrogen-bond donors (Lipinski definition) is 3. The van der Waals surface area contributed by atoms with E-state index in [1.807, 2.05) is 42.5 Å². The Labute approximate surface area is 404 Å². The van der Waals surface area contributed by atoms with Crippen LogP contribution in [0.5, 0.6) is 0 Å². The van der Waals surface area contributed by atoms with Crippen molar-refractivity contribution in [1.29, 1.82) is 0 Å². The molecule has 7 rings (SSSR count). The summed E-state index contributed by atoms with van der Waals surface area (Å²) in [4.78, 5) is 23.9. The topological polar surface area (TPSA) is 122 Å². The summed E-state index contributed by atoms with van der Waals surface area (Å²) in [5, 5.41) is 4.21. The van der Waals surface area contributed by atoms with Crippen LogP contribution in [0.4, 0.5) is 11.4 Å². The number of hydrogen-bond acceptors (Lipinski definition) is 11. The van der Waals surface area contributed by atoms with E-state index in [-0.39, 0.29) is 26.8 Å². The minimum Gasteiger partial charge on any atom is -0.380 e. The smallest absolute Gasteiger partial charge is 0.264 e. The quantitative estimate of drug-likeness (QED) is 0.0617. The lowest BCUT2D eigenvalue weighted by Crippen LogP contribution is -2.47. The van der Waals surface area contributed by atoms with Crippen LogP contribution in [0.25, 0.3) is 5.57 Å². The molecule has 3 aliphatic rings. The summed E-state index contributed by atoms with van der Waals surface area (Å²) < 4.78 is 54.8. The third-order valence-electron chi connectivity index (χ3n) is 13.6. The number of nitrogens with zero attached hydrogens (tertiary/aromatic N) is 4. The standard InChI is InChI=1S/C51H67ClN6O5S3/c1-5-57(6-2)44-24-28-55(29-25-44)27-23-42(37-64-45-10-8-7-9-11-45)53-48-21-20-46(34-49(48)65(60)61)66(62,63)54-50(59)39-14-18-43(19-15-39)58-32-30-56(31-33-58)36-40-35-51(3,4)26-22-47(40)38-12-16-41(52)17-13-38/h7-21,34,42,44,53,65H,5-6,22-33,35-37H2,1-4H3,(H,54,59)/t42-/m1/s1. The first-order chi connectivity index (χ1) is 31.7. The van der Waals surface area contributed by atoms with Gasteiger partial charge in [-0.25, -0.2) is 21.6 Å². The van der Waals surface area contributed by atoms with Crippen LogP contribution in [-0.4, -0.2) is 121 Å². The van der Waals surface area contributed by atoms with Gasteiger partial charge in [-0.2, -0.15) is 0 Å². The number of nitrogens with one attached hydrogen (secondary N) is 2. The highest BCUT2D eigenvalue weighted by Gasteiger charge is 2.30. The maximum atomic E-state index is 13.6. The first-order valence-corrected chi connectivity index (χ1v) is 27.5. The van der Waals surface area contributed by atoms with Crippen LogP contribution < -0.4 is 14.9 Å². The van der Waals surface area contributed by atoms with Crippen molar-refractivity contribution in [2.75, 3.05) is 81.4 Å². The number of carbonyl (C=O) groups excluding carboxylic acids is 1. The number of allylic oxidation sites excluding steroid dienone is 1. The monoisotopic (exact) mass is 974 g/mol. The van der Waals surface area contributed by atoms with E-state index in [2.05, 4.69) is 81.6 Å². The van der Waals surface area contributed by atoms with Crippen molar-refractivity contribution < 1.29 is 21.6 Å². The zero-order valence-electron chi connectivity index (χ0n) is 38.9. The maximum Gasteiger partial charge on any atom is 0.264 e. The van der Waals surface area contributed by atoms with E-state index in [1.54, 1.807) is 23.9 Å². The fourth-order valence-corrected chi connectivity index (χ4v) is 12.5. The van der Waals surface area contributed by atoms with Crippen LogP contribution in [0.3, 0.4) is 0 Å². The number of piperazine rings is 1. The van der Waals surface area contributed by atoms with Crippen LogP contribution >= 0.6 is 23.4 Å². The summed E-state index contributed by atoms with van der Waals surface area (Å²) in [6.07, 6.45) is 6.32. The molecule has 4 aromatic carbocycles. The summed E-state index contributed by atoms with van der Waals surface area (Å²) in [6, 6.07) is 29.8. The number of halogens is 1. The highest BCUT2D eigenvalue weighted by molar-refractivity contribution is 7.99. The SMILES string of the molecule is CCN(CC)C1CCN(CC[C@H](CSc2ccccc2)Nc2ccc(S(=O)(=O)NC(=O)c3ccc(N4CCN(CC5=C(c6ccc(Cl)cc6)CCC(C)(C)C5)CC4)cc3)cc2[SH](=O)=O)CC1. The fourth-order valence-electron chi connectivity index (χ4n) is 9.73. The van der Waals surface area contributed by atoms with Gasteiger partial charge in [-0.1, -0.05) is 75.2 Å². The van der Waals surface area contributed by atoms with Crippen molar-refractivity contribution in [3.8, 4) is 0 Å². The number of rotatable bonds is 19. The third kappa shape index (κ3) is 13.4. The Kier molecular flexibility index (Phi) is 17.4. The predicted octanol–water partition coefficient (Wildman–Crippen LogP) is 8.98. The van der Waals surface area contributed by atoms with E-state index in [4.69, 9.17) is 11.6 Å². The van der Waals surface area contributed by atoms with Crippen molar-refractivity contribution in [3.63, 3.8) is 0 Å². The molecule has 0 spiro atoms. The first kappa shape index (κ1) is 50.0. The highest BCUT2D eigenvalue weighted by Crippen LogP contribution is 2.43. The lowest BCUT2D eigenvalue weighted by Gasteiger charge is -2.39. The minimum absolute atomic E-state index is 0.0979. The normalized spacial score (nSPS) is 18.2. The van der Waals surface area contributed by atoms with Gasteiger partial charge in [0.1, 0.15) is 0 Å². The molecule has 2 N–H and O–H groups in total. The van der Waals surface area contributed by atoms with Crippen molar-refractivity contribution in [1.82, 2.24) is 19.4 Å². The van der Waals surface area contributed by atoms with E-state index in [0.717, 1.165) is 126 Å². The number of piperidine rings is 1. The van der Waals surface area contributed by atoms with Gasteiger partial charge in [0.2, 0.25) is 0 Å². The van der Waals surface area contributed by atoms with Crippen molar-refractivity contribution >= 4 is 66.9 Å². The lowest BCUT2D eigenvalue weighted by atomic mass is 9.73. The van der Waals surface area contributed by atoms with Gasteiger partial charge in [0.05, 0.1) is 15.5 Å². The van der Waals surface area contributed by atoms with Crippen LogP contribution in [0.1, 0.15) is 82.1 Å². The van der Waals surface area contributed by atoms with Crippen LogP contribution in [0.2, 0.25) is 5.02 Å². The molecule has 0 saturated carbocycles. The molecular formula is C51H67ClN6O5S3. The zero-order chi connectivity index (χ0) is 46.8. The molecule has 2 heterocycles. The Hall–Kier alpha value is -3.89. The van der Waals surface area contributed by atoms with Gasteiger partial charge in [0.25, 0.3) is 15.9 Å². The molecule has 2 aliphatic heterocycles. The summed E-state index contributed by atoms with van der Waals surface area (Å²) in [7, 11) is -7.58. The van der Waals surface area contributed by atoms with E-state index in [0.29, 0.717) is 17.5 Å². The predicted molar refractivity (Wildman–Crippen MR) is 272 cm³/mol. The minimum atomic E-state index is -4.41. The first-order valence-electron chi connectivity index (χ1n) is 23.5. The van der Waals surface area contributed by atoms with E-state index in [9.17, 15) is 21.6 Å². The van der Waals surface area contributed by atoms with Crippen LogP contribution in [0, 0.1) is 5.41 Å². The molecule has 356 valence electrons. The molecule has 1 atom stereocenters. The molecule has 0 unspecified atom stereocenters. The van der Waals surface area contributed by atoms with Gasteiger partial charge in [0.15, 0.2) is 10.7 Å². The van der Waals surface area contributed by atoms with E-state index < -0.39 is 26.6 Å². The number of carbonyl (C=O) groups is 1. The second kappa shape index (κ2) is 22.9. The van der Waals surface area contributed by atoms with E-state index >= 15 is 0 Å². The van der Waals surface area contributed by atoms with Gasteiger partial charge in [-0.05, 0) is 148 Å². The van der Waals surface area contributed by atoms with Crippen molar-refractivity contribution in [2.24, 2.45) is 5.41 Å². The molecule has 2 fully saturated rings. The Balaban J connectivity index is 0.958. The average molecular weight is 976 g/mol.